The number of carbonyl (C=O) groups excluding carboxylic acids is 1. The van der Waals surface area contributed by atoms with Crippen molar-refractivity contribution in [3.63, 3.8) is 0 Å². The van der Waals surface area contributed by atoms with E-state index in [9.17, 15) is 4.79 Å². The van der Waals surface area contributed by atoms with E-state index >= 15 is 0 Å². The van der Waals surface area contributed by atoms with Gasteiger partial charge in [0.05, 0.1) is 13.2 Å². The minimum absolute atomic E-state index is 0.224. The summed E-state index contributed by atoms with van der Waals surface area (Å²) in [6, 6.07) is 0.517. The van der Waals surface area contributed by atoms with E-state index in [1.54, 1.807) is 0 Å². The molecule has 0 radical (unpaired) electrons. The largest absolute Gasteiger partial charge is 0.380 e. The van der Waals surface area contributed by atoms with Gasteiger partial charge < -0.3 is 19.7 Å². The molecule has 1 aliphatic rings. The highest BCUT2D eigenvalue weighted by atomic mass is 16.5. The van der Waals surface area contributed by atoms with Crippen LogP contribution in [0.25, 0.3) is 0 Å². The Labute approximate surface area is 129 Å². The van der Waals surface area contributed by atoms with Crippen molar-refractivity contribution in [2.24, 2.45) is 0 Å². The summed E-state index contributed by atoms with van der Waals surface area (Å²) in [6.45, 7) is 8.97. The molecule has 1 amide bonds. The number of carbonyl (C=O) groups is 1. The monoisotopic (exact) mass is 300 g/mol. The van der Waals surface area contributed by atoms with E-state index in [0.29, 0.717) is 52.0 Å². The number of hydrogen-bond donors (Lipinski definition) is 1. The van der Waals surface area contributed by atoms with Gasteiger partial charge in [0.2, 0.25) is 5.91 Å². The van der Waals surface area contributed by atoms with Gasteiger partial charge in [-0.3, -0.25) is 4.79 Å². The summed E-state index contributed by atoms with van der Waals surface area (Å²) < 4.78 is 10.7. The van der Waals surface area contributed by atoms with E-state index in [4.69, 9.17) is 9.47 Å². The zero-order valence-electron chi connectivity index (χ0n) is 13.7. The molecule has 1 saturated heterocycles. The summed E-state index contributed by atoms with van der Waals surface area (Å²) in [7, 11) is 0. The van der Waals surface area contributed by atoms with Gasteiger partial charge in [0.25, 0.3) is 0 Å². The predicted molar refractivity (Wildman–Crippen MR) is 84.4 cm³/mol. The maximum absolute atomic E-state index is 12.4. The highest BCUT2D eigenvalue weighted by molar-refractivity contribution is 5.76. The molecular formula is C16H32N2O3. The van der Waals surface area contributed by atoms with Gasteiger partial charge in [0.15, 0.2) is 0 Å². The van der Waals surface area contributed by atoms with E-state index < -0.39 is 0 Å². The van der Waals surface area contributed by atoms with Crippen molar-refractivity contribution in [1.82, 2.24) is 10.2 Å². The molecular weight excluding hydrogens is 268 g/mol. The van der Waals surface area contributed by atoms with E-state index in [1.165, 1.54) is 19.3 Å². The first-order chi connectivity index (χ1) is 10.3. The Hall–Kier alpha value is -0.650. The summed E-state index contributed by atoms with van der Waals surface area (Å²) in [5.74, 6) is 0.224. The van der Waals surface area contributed by atoms with Gasteiger partial charge in [-0.1, -0.05) is 6.42 Å². The first kappa shape index (κ1) is 18.4. The van der Waals surface area contributed by atoms with Crippen LogP contribution in [0.15, 0.2) is 0 Å². The summed E-state index contributed by atoms with van der Waals surface area (Å²) in [4.78, 5) is 14.2. The molecule has 0 saturated carbocycles. The van der Waals surface area contributed by atoms with E-state index in [1.807, 2.05) is 18.7 Å². The fourth-order valence-electron chi connectivity index (χ4n) is 2.63. The lowest BCUT2D eigenvalue weighted by Gasteiger charge is -2.26. The number of hydrogen-bond acceptors (Lipinski definition) is 4. The normalized spacial score (nSPS) is 18.7. The van der Waals surface area contributed by atoms with Crippen molar-refractivity contribution < 1.29 is 14.3 Å². The number of amides is 1. The van der Waals surface area contributed by atoms with Gasteiger partial charge in [0, 0.05) is 38.8 Å². The molecule has 0 aliphatic carbocycles. The highest BCUT2D eigenvalue weighted by Crippen LogP contribution is 2.12. The smallest absolute Gasteiger partial charge is 0.222 e. The average Bonchev–Trinajstić information content (AvgIpc) is 2.52. The van der Waals surface area contributed by atoms with Gasteiger partial charge >= 0.3 is 0 Å². The number of piperidine rings is 1. The Morgan fingerprint density at radius 2 is 1.81 bits per heavy atom. The lowest BCUT2D eigenvalue weighted by molar-refractivity contribution is -0.133. The second-order valence-corrected chi connectivity index (χ2v) is 5.46. The summed E-state index contributed by atoms with van der Waals surface area (Å²) >= 11 is 0. The molecule has 21 heavy (non-hydrogen) atoms. The minimum Gasteiger partial charge on any atom is -0.380 e. The Balaban J connectivity index is 2.29. The van der Waals surface area contributed by atoms with Gasteiger partial charge in [-0.2, -0.15) is 0 Å². The van der Waals surface area contributed by atoms with Crippen LogP contribution in [0.4, 0.5) is 0 Å². The molecule has 1 fully saturated rings. The minimum atomic E-state index is 0.224. The van der Waals surface area contributed by atoms with Gasteiger partial charge in [-0.25, -0.2) is 0 Å². The standard InChI is InChI=1S/C16H32N2O3/c1-3-20-13-11-18(12-14-21-4-2)16(19)9-8-15-7-5-6-10-17-15/h15,17H,3-14H2,1-2H3. The molecule has 5 nitrogen and oxygen atoms in total. The van der Waals surface area contributed by atoms with Crippen molar-refractivity contribution in [3.05, 3.63) is 0 Å². The van der Waals surface area contributed by atoms with Crippen LogP contribution in [0.5, 0.6) is 0 Å². The van der Waals surface area contributed by atoms with Crippen LogP contribution in [0, 0.1) is 0 Å². The molecule has 0 bridgehead atoms. The summed E-state index contributed by atoms with van der Waals surface area (Å²) in [5.41, 5.74) is 0. The Morgan fingerprint density at radius 1 is 1.14 bits per heavy atom. The zero-order chi connectivity index (χ0) is 15.3. The molecule has 124 valence electrons. The molecule has 1 rings (SSSR count). The zero-order valence-corrected chi connectivity index (χ0v) is 13.7. The molecule has 0 spiro atoms. The van der Waals surface area contributed by atoms with Crippen LogP contribution >= 0.6 is 0 Å². The third-order valence-corrected chi connectivity index (χ3v) is 3.89. The Morgan fingerprint density at radius 3 is 2.33 bits per heavy atom. The first-order valence-electron chi connectivity index (χ1n) is 8.44. The van der Waals surface area contributed by atoms with E-state index in [-0.39, 0.29) is 5.91 Å². The summed E-state index contributed by atoms with van der Waals surface area (Å²) in [6.07, 6.45) is 5.31. The van der Waals surface area contributed by atoms with E-state index in [2.05, 4.69) is 5.32 Å². The SMILES string of the molecule is CCOCCN(CCOCC)C(=O)CCC1CCCCN1. The lowest BCUT2D eigenvalue weighted by Crippen LogP contribution is -2.39. The fraction of sp³-hybridized carbons (Fsp3) is 0.938. The van der Waals surface area contributed by atoms with Crippen molar-refractivity contribution >= 4 is 5.91 Å². The number of ether oxygens (including phenoxy) is 2. The molecule has 1 heterocycles. The first-order valence-corrected chi connectivity index (χ1v) is 8.44. The second-order valence-electron chi connectivity index (χ2n) is 5.46. The Kier molecular flexibility index (Phi) is 10.5. The maximum Gasteiger partial charge on any atom is 0.222 e. The number of rotatable bonds is 11. The van der Waals surface area contributed by atoms with Crippen LogP contribution in [-0.4, -0.2) is 62.9 Å². The highest BCUT2D eigenvalue weighted by Gasteiger charge is 2.17. The Bertz CT molecular complexity index is 258. The van der Waals surface area contributed by atoms with Crippen LogP contribution in [-0.2, 0) is 14.3 Å². The predicted octanol–water partition coefficient (Wildman–Crippen LogP) is 1.81. The maximum atomic E-state index is 12.4. The quantitative estimate of drug-likeness (QED) is 0.591. The molecule has 5 heteroatoms. The summed E-state index contributed by atoms with van der Waals surface area (Å²) in [5, 5.41) is 3.50. The second kappa shape index (κ2) is 12.0. The van der Waals surface area contributed by atoms with E-state index in [0.717, 1.165) is 13.0 Å². The molecule has 1 N–H and O–H groups in total. The average molecular weight is 300 g/mol. The van der Waals surface area contributed by atoms with Crippen molar-refractivity contribution in [2.45, 2.75) is 52.0 Å². The molecule has 0 aromatic carbocycles. The van der Waals surface area contributed by atoms with Gasteiger partial charge in [0.1, 0.15) is 0 Å². The van der Waals surface area contributed by atoms with Crippen molar-refractivity contribution in [3.8, 4) is 0 Å². The topological polar surface area (TPSA) is 50.8 Å². The molecule has 0 aromatic rings. The van der Waals surface area contributed by atoms with Crippen molar-refractivity contribution in [2.75, 3.05) is 46.1 Å². The fourth-order valence-corrected chi connectivity index (χ4v) is 2.63. The third-order valence-electron chi connectivity index (χ3n) is 3.89. The van der Waals surface area contributed by atoms with Crippen LogP contribution in [0.2, 0.25) is 0 Å². The number of nitrogens with zero attached hydrogens (tertiary/aromatic N) is 1. The molecule has 0 aromatic heterocycles. The van der Waals surface area contributed by atoms with Gasteiger partial charge in [-0.05, 0) is 39.7 Å². The lowest BCUT2D eigenvalue weighted by atomic mass is 10.0. The third kappa shape index (κ3) is 8.39. The molecule has 1 unspecified atom stereocenters. The molecule has 1 aliphatic heterocycles. The van der Waals surface area contributed by atoms with Gasteiger partial charge in [-0.15, -0.1) is 0 Å². The molecule has 1 atom stereocenters. The van der Waals surface area contributed by atoms with Crippen molar-refractivity contribution in [1.29, 1.82) is 0 Å². The van der Waals surface area contributed by atoms with Crippen LogP contribution < -0.4 is 5.32 Å². The van der Waals surface area contributed by atoms with Crippen LogP contribution in [0.1, 0.15) is 46.0 Å². The number of nitrogens with one attached hydrogen (secondary N) is 1. The van der Waals surface area contributed by atoms with Crippen LogP contribution in [0.3, 0.4) is 0 Å².